The van der Waals surface area contributed by atoms with Gasteiger partial charge < -0.3 is 4.74 Å². The maximum absolute atomic E-state index is 12.8. The molecule has 25 heavy (non-hydrogen) atoms. The zero-order chi connectivity index (χ0) is 17.9. The van der Waals surface area contributed by atoms with E-state index in [0.717, 1.165) is 18.4 Å². The predicted octanol–water partition coefficient (Wildman–Crippen LogP) is 4.36. The first-order valence-electron chi connectivity index (χ1n) is 8.07. The van der Waals surface area contributed by atoms with Gasteiger partial charge in [-0.3, -0.25) is 0 Å². The standard InChI is InChI=1S/C18H19Cl2NO3S/c19-15-7-9-17(10-8-15)25(22,23)21-11-3-5-16(12-21)24-13-14-4-1-2-6-18(14)20/h1-2,4,6-10,16H,3,5,11-13H2/t16-/m1/s1. The summed E-state index contributed by atoms with van der Waals surface area (Å²) in [4.78, 5) is 0.253. The molecule has 0 aromatic heterocycles. The predicted molar refractivity (Wildman–Crippen MR) is 99.5 cm³/mol. The fourth-order valence-corrected chi connectivity index (χ4v) is 4.66. The summed E-state index contributed by atoms with van der Waals surface area (Å²) < 4.78 is 33.0. The van der Waals surface area contributed by atoms with Crippen molar-refractivity contribution in [1.29, 1.82) is 0 Å². The van der Waals surface area contributed by atoms with E-state index in [2.05, 4.69) is 0 Å². The molecule has 0 amide bonds. The third-order valence-corrected chi connectivity index (χ3v) is 6.72. The Kier molecular flexibility index (Phi) is 6.02. The Labute approximate surface area is 158 Å². The Morgan fingerprint density at radius 2 is 1.80 bits per heavy atom. The lowest BCUT2D eigenvalue weighted by atomic mass is 10.1. The molecule has 3 rings (SSSR count). The third-order valence-electron chi connectivity index (χ3n) is 4.22. The number of halogens is 2. The van der Waals surface area contributed by atoms with Crippen molar-refractivity contribution in [3.05, 3.63) is 64.1 Å². The number of nitrogens with zero attached hydrogens (tertiary/aromatic N) is 1. The lowest BCUT2D eigenvalue weighted by Crippen LogP contribution is -2.43. The van der Waals surface area contributed by atoms with Crippen LogP contribution in [0.3, 0.4) is 0 Å². The molecule has 134 valence electrons. The zero-order valence-electron chi connectivity index (χ0n) is 13.6. The average molecular weight is 400 g/mol. The van der Waals surface area contributed by atoms with Gasteiger partial charge in [0.1, 0.15) is 0 Å². The molecule has 1 heterocycles. The van der Waals surface area contributed by atoms with Crippen LogP contribution in [0.5, 0.6) is 0 Å². The molecule has 0 radical (unpaired) electrons. The Balaban J connectivity index is 1.66. The Hall–Kier alpha value is -1.11. The minimum absolute atomic E-state index is 0.146. The van der Waals surface area contributed by atoms with E-state index in [0.29, 0.717) is 29.7 Å². The highest BCUT2D eigenvalue weighted by Crippen LogP contribution is 2.24. The molecular weight excluding hydrogens is 381 g/mol. The molecule has 0 N–H and O–H groups in total. The molecule has 0 spiro atoms. The number of piperidine rings is 1. The summed E-state index contributed by atoms with van der Waals surface area (Å²) >= 11 is 12.0. The number of sulfonamides is 1. The largest absolute Gasteiger partial charge is 0.372 e. The first-order chi connectivity index (χ1) is 12.0. The number of ether oxygens (including phenoxy) is 1. The van der Waals surface area contributed by atoms with E-state index in [9.17, 15) is 8.42 Å². The molecule has 0 aliphatic carbocycles. The van der Waals surface area contributed by atoms with Crippen molar-refractivity contribution in [2.24, 2.45) is 0 Å². The van der Waals surface area contributed by atoms with Crippen LogP contribution in [-0.2, 0) is 21.4 Å². The molecule has 1 aliphatic rings. The van der Waals surface area contributed by atoms with Crippen LogP contribution in [0.4, 0.5) is 0 Å². The van der Waals surface area contributed by atoms with Gasteiger partial charge in [-0.1, -0.05) is 41.4 Å². The van der Waals surface area contributed by atoms with Crippen LogP contribution < -0.4 is 0 Å². The van der Waals surface area contributed by atoms with E-state index in [1.54, 1.807) is 12.1 Å². The topological polar surface area (TPSA) is 46.6 Å². The number of hydrogen-bond donors (Lipinski definition) is 0. The smallest absolute Gasteiger partial charge is 0.243 e. The van der Waals surface area contributed by atoms with Crippen LogP contribution in [0, 0.1) is 0 Å². The van der Waals surface area contributed by atoms with Crippen LogP contribution in [0.1, 0.15) is 18.4 Å². The molecule has 0 unspecified atom stereocenters. The maximum atomic E-state index is 12.8. The summed E-state index contributed by atoms with van der Waals surface area (Å²) in [6.07, 6.45) is 1.45. The molecule has 4 nitrogen and oxygen atoms in total. The van der Waals surface area contributed by atoms with Crippen molar-refractivity contribution >= 4 is 33.2 Å². The molecule has 2 aromatic rings. The van der Waals surface area contributed by atoms with Gasteiger partial charge in [0, 0.05) is 23.1 Å². The average Bonchev–Trinajstić information content (AvgIpc) is 2.62. The van der Waals surface area contributed by atoms with E-state index in [1.807, 2.05) is 24.3 Å². The molecule has 1 fully saturated rings. The lowest BCUT2D eigenvalue weighted by molar-refractivity contribution is 0.00814. The first-order valence-corrected chi connectivity index (χ1v) is 10.3. The monoisotopic (exact) mass is 399 g/mol. The molecule has 7 heteroatoms. The fourth-order valence-electron chi connectivity index (χ4n) is 2.84. The molecule has 1 saturated heterocycles. The molecule has 0 saturated carbocycles. The summed E-state index contributed by atoms with van der Waals surface area (Å²) in [6.45, 7) is 1.21. The van der Waals surface area contributed by atoms with E-state index >= 15 is 0 Å². The van der Waals surface area contributed by atoms with Gasteiger partial charge in [-0.25, -0.2) is 8.42 Å². The molecule has 0 bridgehead atoms. The molecule has 2 aromatic carbocycles. The second kappa shape index (κ2) is 8.06. The second-order valence-corrected chi connectivity index (χ2v) is 8.77. The van der Waals surface area contributed by atoms with Crippen LogP contribution in [0.2, 0.25) is 10.0 Å². The SMILES string of the molecule is O=S(=O)(c1ccc(Cl)cc1)N1CCC[C@@H](OCc2ccccc2Cl)C1. The summed E-state index contributed by atoms with van der Waals surface area (Å²) in [5.41, 5.74) is 0.904. The van der Waals surface area contributed by atoms with Crippen LogP contribution in [0.25, 0.3) is 0 Å². The minimum atomic E-state index is -3.53. The number of rotatable bonds is 5. The van der Waals surface area contributed by atoms with Gasteiger partial charge >= 0.3 is 0 Å². The molecular formula is C18H19Cl2NO3S. The van der Waals surface area contributed by atoms with Gasteiger partial charge in [-0.05, 0) is 48.7 Å². The highest BCUT2D eigenvalue weighted by atomic mass is 35.5. The van der Waals surface area contributed by atoms with Crippen molar-refractivity contribution in [3.63, 3.8) is 0 Å². The quantitative estimate of drug-likeness (QED) is 0.749. The summed E-state index contributed by atoms with van der Waals surface area (Å²) in [7, 11) is -3.53. The van der Waals surface area contributed by atoms with Crippen molar-refractivity contribution in [3.8, 4) is 0 Å². The van der Waals surface area contributed by atoms with Crippen LogP contribution in [0.15, 0.2) is 53.4 Å². The zero-order valence-corrected chi connectivity index (χ0v) is 15.9. The van der Waals surface area contributed by atoms with Gasteiger partial charge in [0.05, 0.1) is 17.6 Å². The third kappa shape index (κ3) is 4.54. The van der Waals surface area contributed by atoms with E-state index < -0.39 is 10.0 Å². The van der Waals surface area contributed by atoms with Crippen molar-refractivity contribution in [2.75, 3.05) is 13.1 Å². The van der Waals surface area contributed by atoms with Crippen molar-refractivity contribution in [2.45, 2.75) is 30.4 Å². The normalized spacial score (nSPS) is 19.0. The Morgan fingerprint density at radius 3 is 2.52 bits per heavy atom. The Bertz CT molecular complexity index is 824. The summed E-state index contributed by atoms with van der Waals surface area (Å²) in [5.74, 6) is 0. The van der Waals surface area contributed by atoms with E-state index in [-0.39, 0.29) is 11.0 Å². The van der Waals surface area contributed by atoms with Gasteiger partial charge in [0.25, 0.3) is 0 Å². The molecule has 1 aliphatic heterocycles. The summed E-state index contributed by atoms with van der Waals surface area (Å²) in [6, 6.07) is 13.7. The number of hydrogen-bond acceptors (Lipinski definition) is 3. The fraction of sp³-hybridized carbons (Fsp3) is 0.333. The number of benzene rings is 2. The van der Waals surface area contributed by atoms with Gasteiger partial charge in [0.2, 0.25) is 10.0 Å². The first kappa shape index (κ1) is 18.7. The van der Waals surface area contributed by atoms with Crippen LogP contribution >= 0.6 is 23.2 Å². The second-order valence-electron chi connectivity index (χ2n) is 5.98. The van der Waals surface area contributed by atoms with Gasteiger partial charge in [0.15, 0.2) is 0 Å². The van der Waals surface area contributed by atoms with Gasteiger partial charge in [-0.15, -0.1) is 0 Å². The maximum Gasteiger partial charge on any atom is 0.243 e. The van der Waals surface area contributed by atoms with Gasteiger partial charge in [-0.2, -0.15) is 4.31 Å². The van der Waals surface area contributed by atoms with E-state index in [1.165, 1.54) is 16.4 Å². The summed E-state index contributed by atoms with van der Waals surface area (Å²) in [5, 5.41) is 1.17. The van der Waals surface area contributed by atoms with Crippen molar-refractivity contribution in [1.82, 2.24) is 4.31 Å². The molecule has 1 atom stereocenters. The Morgan fingerprint density at radius 1 is 1.08 bits per heavy atom. The van der Waals surface area contributed by atoms with Crippen molar-refractivity contribution < 1.29 is 13.2 Å². The highest BCUT2D eigenvalue weighted by Gasteiger charge is 2.30. The van der Waals surface area contributed by atoms with Crippen LogP contribution in [-0.4, -0.2) is 31.9 Å². The minimum Gasteiger partial charge on any atom is -0.372 e. The lowest BCUT2D eigenvalue weighted by Gasteiger charge is -2.32. The highest BCUT2D eigenvalue weighted by molar-refractivity contribution is 7.89. The van der Waals surface area contributed by atoms with E-state index in [4.69, 9.17) is 27.9 Å².